The number of hydrogen-bond donors (Lipinski definition) is 1. The van der Waals surface area contributed by atoms with Crippen LogP contribution in [0.2, 0.25) is 0 Å². The Kier molecular flexibility index (Phi) is 3.42. The minimum absolute atomic E-state index is 0.152. The first-order valence-corrected chi connectivity index (χ1v) is 6.78. The van der Waals surface area contributed by atoms with Gasteiger partial charge >= 0.3 is 0 Å². The second-order valence-corrected chi connectivity index (χ2v) is 5.73. The third-order valence-corrected chi connectivity index (χ3v) is 4.55. The summed E-state index contributed by atoms with van der Waals surface area (Å²) in [6.07, 6.45) is 0.852. The molecule has 5 heteroatoms. The summed E-state index contributed by atoms with van der Waals surface area (Å²) in [7, 11) is 1.84. The second kappa shape index (κ2) is 4.65. The van der Waals surface area contributed by atoms with Gasteiger partial charge in [0.2, 0.25) is 5.91 Å². The van der Waals surface area contributed by atoms with E-state index in [2.05, 4.69) is 24.2 Å². The Morgan fingerprint density at radius 1 is 1.50 bits per heavy atom. The Balaban J connectivity index is 2.00. The zero-order valence-corrected chi connectivity index (χ0v) is 10.9. The van der Waals surface area contributed by atoms with Crippen LogP contribution in [0.3, 0.4) is 0 Å². The van der Waals surface area contributed by atoms with E-state index in [4.69, 9.17) is 0 Å². The van der Waals surface area contributed by atoms with Crippen LogP contribution in [0.25, 0.3) is 0 Å². The molecule has 0 aromatic rings. The van der Waals surface area contributed by atoms with Crippen molar-refractivity contribution >= 4 is 22.8 Å². The van der Waals surface area contributed by atoms with Gasteiger partial charge in [0, 0.05) is 25.4 Å². The van der Waals surface area contributed by atoms with Crippen LogP contribution >= 0.6 is 11.8 Å². The van der Waals surface area contributed by atoms with Crippen LogP contribution in [-0.2, 0) is 4.79 Å². The standard InChI is InChI=1S/C11H19N3OS/c1-7-6-16-11(12-8(7)2)13-9-4-5-14(3)10(9)15/h7-9H,4-6H2,1-3H3,(H,12,13). The number of likely N-dealkylation sites (tertiary alicyclic amines) is 1. The SMILES string of the molecule is CC1CSC(=NC2CCN(C)C2=O)NC1C. The molecule has 2 aliphatic rings. The van der Waals surface area contributed by atoms with E-state index in [1.165, 1.54) is 0 Å². The number of likely N-dealkylation sites (N-methyl/N-ethyl adjacent to an activating group) is 1. The minimum atomic E-state index is -0.152. The van der Waals surface area contributed by atoms with Crippen molar-refractivity contribution in [1.29, 1.82) is 0 Å². The first-order valence-electron chi connectivity index (χ1n) is 5.80. The van der Waals surface area contributed by atoms with E-state index in [0.29, 0.717) is 12.0 Å². The Bertz CT molecular complexity index is 318. The first-order chi connectivity index (χ1) is 7.58. The quantitative estimate of drug-likeness (QED) is 0.743. The lowest BCUT2D eigenvalue weighted by molar-refractivity contribution is -0.127. The van der Waals surface area contributed by atoms with Crippen molar-refractivity contribution in [2.75, 3.05) is 19.3 Å². The topological polar surface area (TPSA) is 44.7 Å². The molecule has 0 aliphatic carbocycles. The zero-order chi connectivity index (χ0) is 11.7. The Morgan fingerprint density at radius 2 is 2.25 bits per heavy atom. The van der Waals surface area contributed by atoms with E-state index < -0.39 is 0 Å². The molecule has 0 spiro atoms. The molecule has 2 heterocycles. The molecule has 90 valence electrons. The molecule has 2 saturated heterocycles. The average molecular weight is 241 g/mol. The summed E-state index contributed by atoms with van der Waals surface area (Å²) in [5, 5.41) is 4.31. The average Bonchev–Trinajstić information content (AvgIpc) is 2.55. The molecule has 1 N–H and O–H groups in total. The fourth-order valence-corrected chi connectivity index (χ4v) is 3.05. The molecule has 16 heavy (non-hydrogen) atoms. The number of amides is 1. The van der Waals surface area contributed by atoms with Crippen molar-refractivity contribution < 1.29 is 4.79 Å². The normalized spacial score (nSPS) is 37.9. The molecular weight excluding hydrogens is 222 g/mol. The van der Waals surface area contributed by atoms with E-state index in [-0.39, 0.29) is 11.9 Å². The fourth-order valence-electron chi connectivity index (χ4n) is 1.87. The van der Waals surface area contributed by atoms with Crippen LogP contribution in [0.15, 0.2) is 4.99 Å². The van der Waals surface area contributed by atoms with E-state index in [1.54, 1.807) is 16.7 Å². The third kappa shape index (κ3) is 2.34. The molecule has 2 rings (SSSR count). The molecule has 3 atom stereocenters. The lowest BCUT2D eigenvalue weighted by Gasteiger charge is -2.28. The van der Waals surface area contributed by atoms with Crippen molar-refractivity contribution in [2.24, 2.45) is 10.9 Å². The predicted molar refractivity (Wildman–Crippen MR) is 67.7 cm³/mol. The number of aliphatic imine (C=N–C) groups is 1. The third-order valence-electron chi connectivity index (χ3n) is 3.36. The number of carbonyl (C=O) groups is 1. The summed E-state index contributed by atoms with van der Waals surface area (Å²) in [5.74, 6) is 1.90. The minimum Gasteiger partial charge on any atom is -0.362 e. The van der Waals surface area contributed by atoms with Crippen LogP contribution in [0.1, 0.15) is 20.3 Å². The van der Waals surface area contributed by atoms with E-state index in [0.717, 1.165) is 23.9 Å². The van der Waals surface area contributed by atoms with Gasteiger partial charge in [0.1, 0.15) is 6.04 Å². The molecule has 0 aromatic carbocycles. The number of amidine groups is 1. The highest BCUT2D eigenvalue weighted by molar-refractivity contribution is 8.13. The van der Waals surface area contributed by atoms with Gasteiger partial charge in [-0.25, -0.2) is 4.99 Å². The number of hydrogen-bond acceptors (Lipinski definition) is 3. The van der Waals surface area contributed by atoms with Gasteiger partial charge in [-0.1, -0.05) is 18.7 Å². The van der Waals surface area contributed by atoms with Crippen LogP contribution in [0.4, 0.5) is 0 Å². The van der Waals surface area contributed by atoms with Crippen LogP contribution in [0.5, 0.6) is 0 Å². The highest BCUT2D eigenvalue weighted by Gasteiger charge is 2.30. The lowest BCUT2D eigenvalue weighted by atomic mass is 10.1. The second-order valence-electron chi connectivity index (χ2n) is 4.72. The maximum atomic E-state index is 11.7. The van der Waals surface area contributed by atoms with Gasteiger partial charge in [-0.05, 0) is 19.3 Å². The molecule has 2 fully saturated rings. The maximum absolute atomic E-state index is 11.7. The van der Waals surface area contributed by atoms with E-state index in [9.17, 15) is 4.79 Å². The fraction of sp³-hybridized carbons (Fsp3) is 0.818. The van der Waals surface area contributed by atoms with Crippen molar-refractivity contribution in [3.05, 3.63) is 0 Å². The Labute approximate surface area is 101 Å². The number of rotatable bonds is 1. The first kappa shape index (κ1) is 11.8. The van der Waals surface area contributed by atoms with Crippen molar-refractivity contribution in [3.63, 3.8) is 0 Å². The van der Waals surface area contributed by atoms with Crippen molar-refractivity contribution in [3.8, 4) is 0 Å². The van der Waals surface area contributed by atoms with E-state index in [1.807, 2.05) is 7.05 Å². The van der Waals surface area contributed by atoms with Gasteiger partial charge < -0.3 is 10.2 Å². The molecule has 1 amide bonds. The zero-order valence-electron chi connectivity index (χ0n) is 10.1. The highest BCUT2D eigenvalue weighted by Crippen LogP contribution is 2.21. The van der Waals surface area contributed by atoms with Gasteiger partial charge in [-0.2, -0.15) is 0 Å². The Morgan fingerprint density at radius 3 is 2.81 bits per heavy atom. The van der Waals surface area contributed by atoms with Crippen molar-refractivity contribution in [2.45, 2.75) is 32.4 Å². The van der Waals surface area contributed by atoms with Gasteiger partial charge in [-0.3, -0.25) is 4.79 Å². The summed E-state index contributed by atoms with van der Waals surface area (Å²) in [6.45, 7) is 5.23. The molecule has 0 aromatic heterocycles. The van der Waals surface area contributed by atoms with Gasteiger partial charge in [0.25, 0.3) is 0 Å². The molecular formula is C11H19N3OS. The molecule has 0 saturated carbocycles. The summed E-state index contributed by atoms with van der Waals surface area (Å²) in [5.41, 5.74) is 0. The van der Waals surface area contributed by atoms with E-state index >= 15 is 0 Å². The number of thioether (sulfide) groups is 1. The lowest BCUT2D eigenvalue weighted by Crippen LogP contribution is -2.42. The van der Waals surface area contributed by atoms with Crippen LogP contribution < -0.4 is 5.32 Å². The monoisotopic (exact) mass is 241 g/mol. The van der Waals surface area contributed by atoms with Gasteiger partial charge in [0.05, 0.1) is 0 Å². The summed E-state index contributed by atoms with van der Waals surface area (Å²) < 4.78 is 0. The smallest absolute Gasteiger partial charge is 0.247 e. The molecule has 4 nitrogen and oxygen atoms in total. The molecule has 0 bridgehead atoms. The Hall–Kier alpha value is -0.710. The molecule has 0 radical (unpaired) electrons. The van der Waals surface area contributed by atoms with Crippen molar-refractivity contribution in [1.82, 2.24) is 10.2 Å². The predicted octanol–water partition coefficient (Wildman–Crippen LogP) is 0.934. The number of nitrogens with one attached hydrogen (secondary N) is 1. The number of carbonyl (C=O) groups excluding carboxylic acids is 1. The largest absolute Gasteiger partial charge is 0.362 e. The van der Waals surface area contributed by atoms with Gasteiger partial charge in [0.15, 0.2) is 5.17 Å². The molecule has 2 aliphatic heterocycles. The molecule has 3 unspecified atom stereocenters. The summed E-state index contributed by atoms with van der Waals surface area (Å²) >= 11 is 1.73. The maximum Gasteiger partial charge on any atom is 0.247 e. The van der Waals surface area contributed by atoms with Crippen LogP contribution in [-0.4, -0.2) is 47.4 Å². The number of nitrogens with zero attached hydrogens (tertiary/aromatic N) is 2. The van der Waals surface area contributed by atoms with Crippen LogP contribution in [0, 0.1) is 5.92 Å². The summed E-state index contributed by atoms with van der Waals surface area (Å²) in [4.78, 5) is 18.0. The highest BCUT2D eigenvalue weighted by atomic mass is 32.2. The van der Waals surface area contributed by atoms with Gasteiger partial charge in [-0.15, -0.1) is 0 Å². The summed E-state index contributed by atoms with van der Waals surface area (Å²) in [6, 6.07) is 0.301.